The van der Waals surface area contributed by atoms with Gasteiger partial charge in [0.1, 0.15) is 5.82 Å². The van der Waals surface area contributed by atoms with Gasteiger partial charge in [0.2, 0.25) is 0 Å². The van der Waals surface area contributed by atoms with Gasteiger partial charge in [-0.3, -0.25) is 4.98 Å². The van der Waals surface area contributed by atoms with Gasteiger partial charge in [-0.2, -0.15) is 13.2 Å². The summed E-state index contributed by atoms with van der Waals surface area (Å²) in [4.78, 5) is 3.72. The molecule has 0 bridgehead atoms. The smallest absolute Gasteiger partial charge is 0.316 e. The van der Waals surface area contributed by atoms with Gasteiger partial charge in [-0.25, -0.2) is 4.39 Å². The van der Waals surface area contributed by atoms with Crippen LogP contribution in [0.1, 0.15) is 11.1 Å². The summed E-state index contributed by atoms with van der Waals surface area (Å²) in [5.74, 6) is -0.458. The van der Waals surface area contributed by atoms with E-state index < -0.39 is 17.6 Å². The molecular weight excluding hydrogens is 272 g/mol. The summed E-state index contributed by atoms with van der Waals surface area (Å²) in [5.41, 5.74) is -0.245. The maximum absolute atomic E-state index is 13.5. The summed E-state index contributed by atoms with van der Waals surface area (Å²) in [6.07, 6.45) is -2.25. The minimum Gasteiger partial charge on any atom is -0.316 e. The average Bonchev–Trinajstić information content (AvgIpc) is 2.41. The molecule has 0 amide bonds. The summed E-state index contributed by atoms with van der Waals surface area (Å²) < 4.78 is 52.4. The van der Waals surface area contributed by atoms with Gasteiger partial charge in [-0.1, -0.05) is 6.07 Å². The van der Waals surface area contributed by atoms with Gasteiger partial charge in [0.05, 0.1) is 5.56 Å². The van der Waals surface area contributed by atoms with Crippen LogP contribution in [-0.4, -0.2) is 12.0 Å². The standard InChI is InChI=1S/C14H12F4N2/c1-19-7-10-6-9(2-3-13(10)15)11-8-20-5-4-12(11)14(16,17)18/h2-6,8,19H,7H2,1H3. The van der Waals surface area contributed by atoms with E-state index in [4.69, 9.17) is 0 Å². The molecule has 1 aromatic heterocycles. The molecule has 0 saturated heterocycles. The first kappa shape index (κ1) is 14.5. The van der Waals surface area contributed by atoms with Crippen LogP contribution in [0.4, 0.5) is 17.6 Å². The Morgan fingerprint density at radius 3 is 2.60 bits per heavy atom. The molecule has 0 aliphatic rings. The number of alkyl halides is 3. The fourth-order valence-electron chi connectivity index (χ4n) is 1.94. The van der Waals surface area contributed by atoms with Crippen LogP contribution in [0, 0.1) is 5.82 Å². The molecule has 106 valence electrons. The third kappa shape index (κ3) is 2.96. The first-order chi connectivity index (χ1) is 9.43. The Hall–Kier alpha value is -1.95. The first-order valence-electron chi connectivity index (χ1n) is 5.88. The lowest BCUT2D eigenvalue weighted by atomic mass is 9.99. The van der Waals surface area contributed by atoms with Crippen LogP contribution in [0.25, 0.3) is 11.1 Å². The number of nitrogens with zero attached hydrogens (tertiary/aromatic N) is 1. The number of hydrogen-bond acceptors (Lipinski definition) is 2. The van der Waals surface area contributed by atoms with Crippen molar-refractivity contribution in [3.8, 4) is 11.1 Å². The quantitative estimate of drug-likeness (QED) is 0.871. The zero-order valence-electron chi connectivity index (χ0n) is 10.6. The normalized spacial score (nSPS) is 11.7. The van der Waals surface area contributed by atoms with Crippen molar-refractivity contribution in [2.75, 3.05) is 7.05 Å². The predicted octanol–water partition coefficient (Wildman–Crippen LogP) is 3.63. The van der Waals surface area contributed by atoms with E-state index in [0.717, 1.165) is 24.5 Å². The summed E-state index contributed by atoms with van der Waals surface area (Å²) in [6.45, 7) is 0.237. The molecule has 20 heavy (non-hydrogen) atoms. The van der Waals surface area contributed by atoms with Crippen molar-refractivity contribution in [1.29, 1.82) is 0 Å². The second kappa shape index (κ2) is 5.58. The number of pyridine rings is 1. The van der Waals surface area contributed by atoms with E-state index in [2.05, 4.69) is 10.3 Å². The van der Waals surface area contributed by atoms with Crippen molar-refractivity contribution in [3.05, 3.63) is 53.6 Å². The molecule has 0 unspecified atom stereocenters. The molecule has 2 aromatic rings. The Labute approximate surface area is 113 Å². The average molecular weight is 284 g/mol. The Kier molecular flexibility index (Phi) is 4.04. The maximum atomic E-state index is 13.5. The number of rotatable bonds is 3. The summed E-state index contributed by atoms with van der Waals surface area (Å²) in [6, 6.07) is 4.80. The fourth-order valence-corrected chi connectivity index (χ4v) is 1.94. The summed E-state index contributed by atoms with van der Waals surface area (Å²) in [7, 11) is 1.64. The minimum absolute atomic E-state index is 0.0580. The molecule has 0 aliphatic carbocycles. The number of halogens is 4. The summed E-state index contributed by atoms with van der Waals surface area (Å²) >= 11 is 0. The Morgan fingerprint density at radius 2 is 1.95 bits per heavy atom. The highest BCUT2D eigenvalue weighted by Gasteiger charge is 2.33. The van der Waals surface area contributed by atoms with E-state index >= 15 is 0 Å². The van der Waals surface area contributed by atoms with Crippen molar-refractivity contribution in [3.63, 3.8) is 0 Å². The van der Waals surface area contributed by atoms with Crippen molar-refractivity contribution in [2.24, 2.45) is 0 Å². The summed E-state index contributed by atoms with van der Waals surface area (Å²) in [5, 5.41) is 2.77. The van der Waals surface area contributed by atoms with Crippen LogP contribution in [-0.2, 0) is 12.7 Å². The topological polar surface area (TPSA) is 24.9 Å². The third-order valence-corrected chi connectivity index (χ3v) is 2.85. The Bertz CT molecular complexity index is 608. The number of nitrogens with one attached hydrogen (secondary N) is 1. The minimum atomic E-state index is -4.48. The molecule has 0 atom stereocenters. The molecule has 0 radical (unpaired) electrons. The van der Waals surface area contributed by atoms with Gasteiger partial charge in [-0.05, 0) is 30.8 Å². The van der Waals surface area contributed by atoms with Gasteiger partial charge < -0.3 is 5.32 Å². The van der Waals surface area contributed by atoms with Gasteiger partial charge in [0, 0.05) is 30.1 Å². The second-order valence-electron chi connectivity index (χ2n) is 4.26. The molecule has 0 fully saturated rings. The Morgan fingerprint density at radius 1 is 1.20 bits per heavy atom. The highest BCUT2D eigenvalue weighted by molar-refractivity contribution is 5.67. The first-order valence-corrected chi connectivity index (χ1v) is 5.88. The Balaban J connectivity index is 2.55. The van der Waals surface area contributed by atoms with Gasteiger partial charge >= 0.3 is 6.18 Å². The lowest BCUT2D eigenvalue weighted by Crippen LogP contribution is -2.09. The highest BCUT2D eigenvalue weighted by Crippen LogP contribution is 2.36. The largest absolute Gasteiger partial charge is 0.417 e. The number of benzene rings is 1. The molecule has 0 spiro atoms. The monoisotopic (exact) mass is 284 g/mol. The highest BCUT2D eigenvalue weighted by atomic mass is 19.4. The molecular formula is C14H12F4N2. The van der Waals surface area contributed by atoms with E-state index in [1.165, 1.54) is 12.1 Å². The maximum Gasteiger partial charge on any atom is 0.417 e. The third-order valence-electron chi connectivity index (χ3n) is 2.85. The van der Waals surface area contributed by atoms with E-state index in [9.17, 15) is 17.6 Å². The van der Waals surface area contributed by atoms with Crippen LogP contribution in [0.3, 0.4) is 0 Å². The zero-order valence-corrected chi connectivity index (χ0v) is 10.6. The molecule has 1 N–H and O–H groups in total. The molecule has 2 nitrogen and oxygen atoms in total. The molecule has 2 rings (SSSR count). The lowest BCUT2D eigenvalue weighted by Gasteiger charge is -2.13. The molecule has 1 aromatic carbocycles. The van der Waals surface area contributed by atoms with Crippen molar-refractivity contribution < 1.29 is 17.6 Å². The van der Waals surface area contributed by atoms with Gasteiger partial charge in [0.25, 0.3) is 0 Å². The SMILES string of the molecule is CNCc1cc(-c2cnccc2C(F)(F)F)ccc1F. The van der Waals surface area contributed by atoms with E-state index in [-0.39, 0.29) is 17.7 Å². The predicted molar refractivity (Wildman–Crippen MR) is 67.4 cm³/mol. The molecule has 0 saturated carbocycles. The van der Waals surface area contributed by atoms with Crippen LogP contribution in [0.2, 0.25) is 0 Å². The van der Waals surface area contributed by atoms with Crippen LogP contribution >= 0.6 is 0 Å². The fraction of sp³-hybridized carbons (Fsp3) is 0.214. The van der Waals surface area contributed by atoms with Crippen LogP contribution in [0.15, 0.2) is 36.7 Å². The molecule has 6 heteroatoms. The number of hydrogen-bond donors (Lipinski definition) is 1. The van der Waals surface area contributed by atoms with Crippen molar-refractivity contribution in [1.82, 2.24) is 10.3 Å². The molecule has 1 heterocycles. The molecule has 0 aliphatic heterocycles. The van der Waals surface area contributed by atoms with Gasteiger partial charge in [-0.15, -0.1) is 0 Å². The van der Waals surface area contributed by atoms with Crippen LogP contribution in [0.5, 0.6) is 0 Å². The number of aromatic nitrogens is 1. The van der Waals surface area contributed by atoms with E-state index in [1.54, 1.807) is 7.05 Å². The van der Waals surface area contributed by atoms with Crippen molar-refractivity contribution in [2.45, 2.75) is 12.7 Å². The van der Waals surface area contributed by atoms with Gasteiger partial charge in [0.15, 0.2) is 0 Å². The second-order valence-corrected chi connectivity index (χ2v) is 4.26. The van der Waals surface area contributed by atoms with E-state index in [1.807, 2.05) is 0 Å². The van der Waals surface area contributed by atoms with E-state index in [0.29, 0.717) is 5.56 Å². The van der Waals surface area contributed by atoms with Crippen LogP contribution < -0.4 is 5.32 Å². The lowest BCUT2D eigenvalue weighted by molar-refractivity contribution is -0.137. The van der Waals surface area contributed by atoms with Crippen molar-refractivity contribution >= 4 is 0 Å². The zero-order chi connectivity index (χ0) is 14.8.